The highest BCUT2D eigenvalue weighted by atomic mass is 16.5. The van der Waals surface area contributed by atoms with Gasteiger partial charge in [-0.15, -0.1) is 0 Å². The van der Waals surface area contributed by atoms with Crippen molar-refractivity contribution in [3.05, 3.63) is 75.6 Å². The number of aromatic amines is 1. The molecule has 5 heteroatoms. The molecule has 3 aromatic rings. The summed E-state index contributed by atoms with van der Waals surface area (Å²) in [5.41, 5.74) is 3.13. The van der Waals surface area contributed by atoms with Crippen molar-refractivity contribution in [1.82, 2.24) is 10.3 Å². The maximum atomic E-state index is 12.3. The van der Waals surface area contributed by atoms with Crippen LogP contribution in [0.1, 0.15) is 41.3 Å². The number of hydrogen-bond donors (Lipinski definition) is 2. The Balaban J connectivity index is 1.71. The molecule has 0 atom stereocenters. The number of amides is 1. The molecular weight excluding hydrogens is 340 g/mol. The first-order valence-corrected chi connectivity index (χ1v) is 9.06. The number of H-pyrrole nitrogens is 1. The predicted molar refractivity (Wildman–Crippen MR) is 108 cm³/mol. The number of aromatic nitrogens is 1. The lowest BCUT2D eigenvalue weighted by molar-refractivity contribution is 0.0953. The van der Waals surface area contributed by atoms with E-state index in [1.54, 1.807) is 31.4 Å². The molecule has 0 saturated carbocycles. The number of methoxy groups -OCH3 is 1. The number of carbonyl (C=O) groups excluding carboxylic acids is 1. The fourth-order valence-corrected chi connectivity index (χ4v) is 2.99. The summed E-state index contributed by atoms with van der Waals surface area (Å²) >= 11 is 0. The summed E-state index contributed by atoms with van der Waals surface area (Å²) < 4.78 is 5.14. The smallest absolute Gasteiger partial charge is 0.251 e. The van der Waals surface area contributed by atoms with E-state index in [9.17, 15) is 9.59 Å². The second-order valence-corrected chi connectivity index (χ2v) is 6.86. The molecule has 1 heterocycles. The van der Waals surface area contributed by atoms with Gasteiger partial charge in [0.15, 0.2) is 0 Å². The first-order valence-electron chi connectivity index (χ1n) is 9.06. The number of carbonyl (C=O) groups is 1. The van der Waals surface area contributed by atoms with Crippen LogP contribution in [0.2, 0.25) is 0 Å². The summed E-state index contributed by atoms with van der Waals surface area (Å²) in [6.45, 7) is 4.66. The molecule has 1 amide bonds. The van der Waals surface area contributed by atoms with Gasteiger partial charge in [0.25, 0.3) is 11.5 Å². The second-order valence-electron chi connectivity index (χ2n) is 6.86. The van der Waals surface area contributed by atoms with Gasteiger partial charge in [0.05, 0.1) is 7.11 Å². The highest BCUT2D eigenvalue weighted by Gasteiger charge is 2.09. The molecule has 0 spiro atoms. The van der Waals surface area contributed by atoms with Crippen LogP contribution >= 0.6 is 0 Å². The number of fused-ring (bicyclic) bond motifs is 1. The van der Waals surface area contributed by atoms with Crippen molar-refractivity contribution in [2.24, 2.45) is 0 Å². The monoisotopic (exact) mass is 364 g/mol. The van der Waals surface area contributed by atoms with Crippen LogP contribution in [-0.2, 0) is 6.42 Å². The highest BCUT2D eigenvalue weighted by molar-refractivity contribution is 5.94. The molecule has 0 radical (unpaired) electrons. The van der Waals surface area contributed by atoms with Crippen molar-refractivity contribution in [2.45, 2.75) is 26.2 Å². The number of rotatable bonds is 6. The number of pyridine rings is 1. The normalized spacial score (nSPS) is 11.0. The Morgan fingerprint density at radius 3 is 2.70 bits per heavy atom. The van der Waals surface area contributed by atoms with Crippen LogP contribution in [0.4, 0.5) is 0 Å². The van der Waals surface area contributed by atoms with Gasteiger partial charge in [-0.25, -0.2) is 0 Å². The van der Waals surface area contributed by atoms with E-state index in [4.69, 9.17) is 4.74 Å². The Bertz CT molecular complexity index is 1020. The van der Waals surface area contributed by atoms with Gasteiger partial charge in [-0.05, 0) is 59.7 Å². The van der Waals surface area contributed by atoms with Crippen molar-refractivity contribution in [1.29, 1.82) is 0 Å². The number of benzene rings is 2. The van der Waals surface area contributed by atoms with Crippen LogP contribution in [0, 0.1) is 0 Å². The summed E-state index contributed by atoms with van der Waals surface area (Å²) in [7, 11) is 1.56. The van der Waals surface area contributed by atoms with Crippen LogP contribution in [0.5, 0.6) is 5.75 Å². The van der Waals surface area contributed by atoms with Crippen LogP contribution in [0.15, 0.2) is 53.3 Å². The Hall–Kier alpha value is -3.08. The summed E-state index contributed by atoms with van der Waals surface area (Å²) in [5.74, 6) is 0.870. The minimum atomic E-state index is -0.187. The molecule has 0 aliphatic rings. The first-order chi connectivity index (χ1) is 13.0. The van der Waals surface area contributed by atoms with E-state index in [0.29, 0.717) is 35.8 Å². The van der Waals surface area contributed by atoms with Crippen LogP contribution in [0.3, 0.4) is 0 Å². The minimum Gasteiger partial charge on any atom is -0.497 e. The first kappa shape index (κ1) is 18.7. The predicted octanol–water partition coefficient (Wildman–Crippen LogP) is 3.63. The van der Waals surface area contributed by atoms with E-state index in [0.717, 1.165) is 10.9 Å². The van der Waals surface area contributed by atoms with E-state index in [1.165, 1.54) is 5.56 Å². The summed E-state index contributed by atoms with van der Waals surface area (Å²) in [5, 5.41) is 3.87. The molecule has 0 saturated heterocycles. The van der Waals surface area contributed by atoms with Gasteiger partial charge in [0.1, 0.15) is 5.75 Å². The second kappa shape index (κ2) is 8.08. The van der Waals surface area contributed by atoms with Crippen molar-refractivity contribution in [2.75, 3.05) is 13.7 Å². The van der Waals surface area contributed by atoms with E-state index in [-0.39, 0.29) is 11.5 Å². The quantitative estimate of drug-likeness (QED) is 0.702. The topological polar surface area (TPSA) is 71.2 Å². The fraction of sp³-hybridized carbons (Fsp3) is 0.273. The van der Waals surface area contributed by atoms with Gasteiger partial charge in [-0.1, -0.05) is 26.0 Å². The van der Waals surface area contributed by atoms with Crippen molar-refractivity contribution >= 4 is 16.8 Å². The molecule has 0 bridgehead atoms. The molecule has 0 fully saturated rings. The molecule has 3 rings (SSSR count). The third-order valence-electron chi connectivity index (χ3n) is 4.62. The van der Waals surface area contributed by atoms with Crippen LogP contribution in [0.25, 0.3) is 10.9 Å². The highest BCUT2D eigenvalue weighted by Crippen LogP contribution is 2.20. The molecule has 140 valence electrons. The largest absolute Gasteiger partial charge is 0.497 e. The van der Waals surface area contributed by atoms with Crippen molar-refractivity contribution in [3.63, 3.8) is 0 Å². The zero-order valence-electron chi connectivity index (χ0n) is 15.8. The number of ether oxygens (including phenoxy) is 1. The Labute approximate surface area is 158 Å². The van der Waals surface area contributed by atoms with E-state index in [1.807, 2.05) is 18.2 Å². The molecule has 27 heavy (non-hydrogen) atoms. The number of nitrogens with one attached hydrogen (secondary N) is 2. The molecule has 0 unspecified atom stereocenters. The zero-order chi connectivity index (χ0) is 19.4. The third-order valence-corrected chi connectivity index (χ3v) is 4.62. The van der Waals surface area contributed by atoms with E-state index >= 15 is 0 Å². The van der Waals surface area contributed by atoms with Gasteiger partial charge in [-0.2, -0.15) is 0 Å². The number of hydrogen-bond acceptors (Lipinski definition) is 3. The average Bonchev–Trinajstić information content (AvgIpc) is 2.67. The van der Waals surface area contributed by atoms with Gasteiger partial charge in [-0.3, -0.25) is 9.59 Å². The lowest BCUT2D eigenvalue weighted by atomic mass is 10.0. The molecular formula is C22H24N2O3. The van der Waals surface area contributed by atoms with Gasteiger partial charge in [0.2, 0.25) is 0 Å². The average molecular weight is 364 g/mol. The van der Waals surface area contributed by atoms with Gasteiger partial charge >= 0.3 is 0 Å². The summed E-state index contributed by atoms with van der Waals surface area (Å²) in [6, 6.07) is 15.0. The molecule has 2 N–H and O–H groups in total. The van der Waals surface area contributed by atoms with Crippen LogP contribution in [-0.4, -0.2) is 24.5 Å². The van der Waals surface area contributed by atoms with E-state index in [2.05, 4.69) is 30.2 Å². The van der Waals surface area contributed by atoms with Gasteiger partial charge < -0.3 is 15.0 Å². The maximum absolute atomic E-state index is 12.3. The summed E-state index contributed by atoms with van der Waals surface area (Å²) in [4.78, 5) is 27.5. The molecule has 1 aromatic heterocycles. The maximum Gasteiger partial charge on any atom is 0.251 e. The Morgan fingerprint density at radius 2 is 1.96 bits per heavy atom. The van der Waals surface area contributed by atoms with Crippen molar-refractivity contribution in [3.8, 4) is 5.75 Å². The molecule has 0 aliphatic heterocycles. The summed E-state index contributed by atoms with van der Waals surface area (Å²) in [6.07, 6.45) is 0.465. The lowest BCUT2D eigenvalue weighted by Gasteiger charge is -2.09. The standard InChI is InChI=1S/C22H24N2O3/c1-14(2)15-7-8-20-18(11-15)12-17(22(26)24-20)9-10-23-21(25)16-5-4-6-19(13-16)27-3/h4-8,11-14H,9-10H2,1-3H3,(H,23,25)(H,24,26). The van der Waals surface area contributed by atoms with E-state index < -0.39 is 0 Å². The Morgan fingerprint density at radius 1 is 1.15 bits per heavy atom. The SMILES string of the molecule is COc1cccc(C(=O)NCCc2cc3cc(C(C)C)ccc3[nH]c2=O)c1. The lowest BCUT2D eigenvalue weighted by Crippen LogP contribution is -2.27. The third kappa shape index (κ3) is 4.37. The molecule has 0 aliphatic carbocycles. The van der Waals surface area contributed by atoms with Crippen LogP contribution < -0.4 is 15.6 Å². The fourth-order valence-electron chi connectivity index (χ4n) is 2.99. The zero-order valence-corrected chi connectivity index (χ0v) is 15.8. The molecule has 5 nitrogen and oxygen atoms in total. The minimum absolute atomic E-state index is 0.115. The van der Waals surface area contributed by atoms with Crippen molar-refractivity contribution < 1.29 is 9.53 Å². The van der Waals surface area contributed by atoms with Gasteiger partial charge in [0, 0.05) is 23.2 Å². The molecule has 2 aromatic carbocycles. The Kier molecular flexibility index (Phi) is 5.60.